The van der Waals surface area contributed by atoms with E-state index in [1.807, 2.05) is 33.3 Å². The first kappa shape index (κ1) is 68.2. The van der Waals surface area contributed by atoms with Crippen molar-refractivity contribution in [2.75, 3.05) is 40.9 Å². The molecule has 3 atom stereocenters. The van der Waals surface area contributed by atoms with E-state index in [2.05, 4.69) is 99.0 Å². The zero-order valence-electron chi connectivity index (χ0n) is 46.7. The Kier molecular flexibility index (Phi) is 48.7. The van der Waals surface area contributed by atoms with Crippen molar-refractivity contribution in [1.29, 1.82) is 0 Å². The second-order valence-corrected chi connectivity index (χ2v) is 21.9. The van der Waals surface area contributed by atoms with Crippen LogP contribution in [-0.4, -0.2) is 74.3 Å². The van der Waals surface area contributed by atoms with Crippen molar-refractivity contribution in [3.63, 3.8) is 0 Å². The highest BCUT2D eigenvalue weighted by Gasteiger charge is 2.30. The molecule has 0 aliphatic rings. The summed E-state index contributed by atoms with van der Waals surface area (Å²) in [6, 6.07) is -0.876. The van der Waals surface area contributed by atoms with E-state index in [4.69, 9.17) is 13.8 Å². The highest BCUT2D eigenvalue weighted by Crippen LogP contribution is 2.43. The van der Waals surface area contributed by atoms with Gasteiger partial charge in [-0.15, -0.1) is 0 Å². The monoisotopic (exact) mass is 1010 g/mol. The van der Waals surface area contributed by atoms with E-state index >= 15 is 0 Å². The van der Waals surface area contributed by atoms with Crippen LogP contribution in [0.25, 0.3) is 0 Å². The van der Waals surface area contributed by atoms with Crippen molar-refractivity contribution >= 4 is 19.7 Å². The molecule has 0 spiro atoms. The van der Waals surface area contributed by atoms with Crippen molar-refractivity contribution in [2.24, 2.45) is 0 Å². The first-order chi connectivity index (χ1) is 34.4. The van der Waals surface area contributed by atoms with E-state index in [1.165, 1.54) is 109 Å². The molecule has 0 radical (unpaired) electrons. The molecule has 0 saturated heterocycles. The van der Waals surface area contributed by atoms with Crippen LogP contribution in [0.2, 0.25) is 0 Å². The summed E-state index contributed by atoms with van der Waals surface area (Å²) in [5.41, 5.74) is 0. The first-order valence-corrected chi connectivity index (χ1v) is 30.4. The van der Waals surface area contributed by atoms with Gasteiger partial charge in [0.25, 0.3) is 0 Å². The summed E-state index contributed by atoms with van der Waals surface area (Å²) in [5, 5.41) is 3.03. The fourth-order valence-corrected chi connectivity index (χ4v) is 8.59. The largest absolute Gasteiger partial charge is 0.472 e. The van der Waals surface area contributed by atoms with E-state index in [1.54, 1.807) is 0 Å². The molecule has 0 heterocycles. The van der Waals surface area contributed by atoms with Crippen LogP contribution in [0.3, 0.4) is 0 Å². The molecule has 0 aliphatic heterocycles. The summed E-state index contributed by atoms with van der Waals surface area (Å²) < 4.78 is 30.6. The highest BCUT2D eigenvalue weighted by atomic mass is 31.2. The van der Waals surface area contributed by atoms with Gasteiger partial charge in [0.15, 0.2) is 0 Å². The van der Waals surface area contributed by atoms with Crippen LogP contribution < -0.4 is 5.32 Å². The van der Waals surface area contributed by atoms with Gasteiger partial charge >= 0.3 is 13.8 Å². The molecule has 0 fully saturated rings. The Hall–Kier alpha value is -2.81. The minimum absolute atomic E-state index is 0.0275. The van der Waals surface area contributed by atoms with Crippen molar-refractivity contribution in [1.82, 2.24) is 5.32 Å². The zero-order valence-corrected chi connectivity index (χ0v) is 47.6. The van der Waals surface area contributed by atoms with Gasteiger partial charge in [0.1, 0.15) is 19.3 Å². The Balaban J connectivity index is 5.48. The Morgan fingerprint density at radius 1 is 0.507 bits per heavy atom. The lowest BCUT2D eigenvalue weighted by Gasteiger charge is -2.27. The second-order valence-electron chi connectivity index (χ2n) is 20.4. The maximum Gasteiger partial charge on any atom is 0.472 e. The molecule has 0 saturated carbocycles. The maximum atomic E-state index is 13.5. The normalized spacial score (nSPS) is 14.4. The zero-order chi connectivity index (χ0) is 52.2. The third kappa shape index (κ3) is 51.9. The highest BCUT2D eigenvalue weighted by molar-refractivity contribution is 7.47. The lowest BCUT2D eigenvalue weighted by molar-refractivity contribution is -0.870. The first-order valence-electron chi connectivity index (χ1n) is 28.9. The van der Waals surface area contributed by atoms with Crippen molar-refractivity contribution in [3.8, 4) is 0 Å². The van der Waals surface area contributed by atoms with E-state index in [-0.39, 0.29) is 31.5 Å². The molecule has 3 unspecified atom stereocenters. The fraction of sp³-hybridized carbons (Fsp3) is 0.738. The van der Waals surface area contributed by atoms with Gasteiger partial charge in [-0.3, -0.25) is 18.6 Å². The van der Waals surface area contributed by atoms with Gasteiger partial charge in [0.2, 0.25) is 5.91 Å². The van der Waals surface area contributed by atoms with Gasteiger partial charge in [0, 0.05) is 12.8 Å². The number of ether oxygens (including phenoxy) is 1. The summed E-state index contributed by atoms with van der Waals surface area (Å²) in [6.45, 7) is 6.84. The second kappa shape index (κ2) is 50.7. The minimum Gasteiger partial charge on any atom is -0.456 e. The molecule has 71 heavy (non-hydrogen) atoms. The Bertz CT molecular complexity index is 1490. The van der Waals surface area contributed by atoms with E-state index in [9.17, 15) is 19.0 Å². The summed E-state index contributed by atoms with van der Waals surface area (Å²) in [7, 11) is 1.45. The van der Waals surface area contributed by atoms with Crippen LogP contribution in [0.1, 0.15) is 239 Å². The molecule has 1 amide bonds. The van der Waals surface area contributed by atoms with Crippen LogP contribution in [0.15, 0.2) is 85.1 Å². The molecule has 0 aromatic heterocycles. The van der Waals surface area contributed by atoms with Crippen LogP contribution >= 0.6 is 7.82 Å². The number of rotatable bonds is 51. The van der Waals surface area contributed by atoms with Gasteiger partial charge in [-0.25, -0.2) is 4.57 Å². The molecule has 2 N–H and O–H groups in total. The summed E-state index contributed by atoms with van der Waals surface area (Å²) in [5.74, 6) is -0.581. The molecule has 10 heteroatoms. The fourth-order valence-electron chi connectivity index (χ4n) is 7.85. The lowest BCUT2D eigenvalue weighted by Crippen LogP contribution is -2.47. The number of carbonyl (C=O) groups excluding carboxylic acids is 2. The van der Waals surface area contributed by atoms with Gasteiger partial charge in [-0.1, -0.05) is 215 Å². The third-order valence-electron chi connectivity index (χ3n) is 12.3. The predicted octanol–water partition coefficient (Wildman–Crippen LogP) is 17.4. The van der Waals surface area contributed by atoms with Crippen LogP contribution in [0, 0.1) is 0 Å². The number of allylic oxidation sites excluding steroid dienone is 13. The Morgan fingerprint density at radius 3 is 1.41 bits per heavy atom. The SMILES string of the molecule is CC/C=C\C/C=C\C/C=C\C/C=C\C/C=C\CCCC(=O)OC(/C=C/CCCCCCCCCCCCC)C(COP(=O)(O)OCC[N+](C)(C)C)NC(=O)CCCCCCCCC/C=C\CCCCCC. The molecule has 0 bridgehead atoms. The Labute approximate surface area is 437 Å². The number of likely N-dealkylation sites (N-methyl/N-ethyl adjacent to an activating group) is 1. The van der Waals surface area contributed by atoms with Crippen LogP contribution in [0.5, 0.6) is 0 Å². The molecular formula is C61H110N2O7P+. The third-order valence-corrected chi connectivity index (χ3v) is 13.3. The Morgan fingerprint density at radius 2 is 0.915 bits per heavy atom. The molecule has 0 aliphatic carbocycles. The maximum absolute atomic E-state index is 13.5. The molecule has 0 rings (SSSR count). The predicted molar refractivity (Wildman–Crippen MR) is 304 cm³/mol. The van der Waals surface area contributed by atoms with Crippen LogP contribution in [0.4, 0.5) is 0 Å². The number of phosphoric acid groups is 1. The minimum atomic E-state index is -4.46. The van der Waals surface area contributed by atoms with Crippen molar-refractivity contribution in [3.05, 3.63) is 85.1 Å². The smallest absolute Gasteiger partial charge is 0.456 e. The van der Waals surface area contributed by atoms with Gasteiger partial charge in [-0.2, -0.15) is 0 Å². The number of carbonyl (C=O) groups is 2. The number of quaternary nitrogens is 1. The molecule has 0 aromatic rings. The van der Waals surface area contributed by atoms with E-state index in [0.717, 1.165) is 89.9 Å². The number of phosphoric ester groups is 1. The number of esters is 1. The van der Waals surface area contributed by atoms with Gasteiger partial charge in [0.05, 0.1) is 33.8 Å². The van der Waals surface area contributed by atoms with Crippen molar-refractivity contribution in [2.45, 2.75) is 251 Å². The topological polar surface area (TPSA) is 111 Å². The average molecular weight is 1010 g/mol. The lowest BCUT2D eigenvalue weighted by atomic mass is 10.0. The molecule has 9 nitrogen and oxygen atoms in total. The number of nitrogens with one attached hydrogen (secondary N) is 1. The number of hydrogen-bond donors (Lipinski definition) is 2. The molecule has 410 valence electrons. The molecule has 0 aromatic carbocycles. The standard InChI is InChI=1S/C61H109N2O7P/c1-7-10-13-16-19-22-25-28-30-31-33-36-39-42-45-48-51-54-61(65)70-59(52-49-46-43-40-37-34-27-24-21-18-15-12-9-3)58(57-69-71(66,67)68-56-55-63(4,5)6)62-60(64)53-50-47-44-41-38-35-32-29-26-23-20-17-14-11-8-2/h10,13,19,22-23,26,28,30,33,36,42,45,49,52,58-59H,7-9,11-12,14-18,20-21,24-25,27,29,31-32,34-35,37-41,43-44,46-48,50-51,53-57H2,1-6H3,(H-,62,64,66,67)/p+1/b13-10-,22-19-,26-23-,30-28-,36-33-,45-42-,52-49+. The van der Waals surface area contributed by atoms with E-state index < -0.39 is 20.0 Å². The number of amides is 1. The number of nitrogens with zero attached hydrogens (tertiary/aromatic N) is 1. The summed E-state index contributed by atoms with van der Waals surface area (Å²) >= 11 is 0. The number of hydrogen-bond acceptors (Lipinski definition) is 6. The quantitative estimate of drug-likeness (QED) is 0.0205. The van der Waals surface area contributed by atoms with E-state index in [0.29, 0.717) is 23.9 Å². The summed E-state index contributed by atoms with van der Waals surface area (Å²) in [6.07, 6.45) is 65.8. The van der Waals surface area contributed by atoms with Crippen LogP contribution in [-0.2, 0) is 27.9 Å². The van der Waals surface area contributed by atoms with Gasteiger partial charge < -0.3 is 19.4 Å². The van der Waals surface area contributed by atoms with Crippen molar-refractivity contribution < 1.29 is 37.3 Å². The van der Waals surface area contributed by atoms with Gasteiger partial charge in [-0.05, 0) is 96.0 Å². The average Bonchev–Trinajstić information content (AvgIpc) is 3.33. The molecular weight excluding hydrogens is 904 g/mol. The number of unbranched alkanes of at least 4 members (excludes halogenated alkanes) is 23. The summed E-state index contributed by atoms with van der Waals surface area (Å²) in [4.78, 5) is 37.6.